The number of Topliss-reactive ketones (excluding diaryl/α,β-unsaturated/α-hetero) is 1. The fourth-order valence-electron chi connectivity index (χ4n) is 3.60. The third-order valence-corrected chi connectivity index (χ3v) is 5.14. The Morgan fingerprint density at radius 1 is 0.964 bits per heavy atom. The Balaban J connectivity index is 1.53. The van der Waals surface area contributed by atoms with E-state index in [9.17, 15) is 19.2 Å². The Morgan fingerprint density at radius 3 is 2.46 bits per heavy atom. The summed E-state index contributed by atoms with van der Waals surface area (Å²) in [5.74, 6) is -1.54. The molecule has 1 saturated carbocycles. The summed E-state index contributed by atoms with van der Waals surface area (Å²) in [6.07, 6.45) is 1.89. The van der Waals surface area contributed by atoms with Gasteiger partial charge in [-0.25, -0.2) is 4.79 Å². The highest BCUT2D eigenvalue weighted by Crippen LogP contribution is 2.26. The number of amides is 2. The van der Waals surface area contributed by atoms with Gasteiger partial charge in [0.15, 0.2) is 11.9 Å². The Morgan fingerprint density at radius 2 is 1.71 bits per heavy atom. The summed E-state index contributed by atoms with van der Waals surface area (Å²) >= 11 is 0. The van der Waals surface area contributed by atoms with Crippen LogP contribution in [0.3, 0.4) is 0 Å². The van der Waals surface area contributed by atoms with Crippen molar-refractivity contribution >= 4 is 23.6 Å². The molecule has 142 valence electrons. The number of esters is 1. The normalized spacial score (nSPS) is 18.9. The van der Waals surface area contributed by atoms with E-state index in [2.05, 4.69) is 0 Å². The molecule has 1 heterocycles. The van der Waals surface area contributed by atoms with Gasteiger partial charge >= 0.3 is 5.97 Å². The van der Waals surface area contributed by atoms with Crippen LogP contribution >= 0.6 is 0 Å². The van der Waals surface area contributed by atoms with Crippen LogP contribution < -0.4 is 0 Å². The zero-order valence-corrected chi connectivity index (χ0v) is 15.2. The molecule has 28 heavy (non-hydrogen) atoms. The van der Waals surface area contributed by atoms with Gasteiger partial charge in [-0.05, 0) is 43.0 Å². The lowest BCUT2D eigenvalue weighted by atomic mass is 9.96. The molecular weight excluding hydrogens is 358 g/mol. The largest absolute Gasteiger partial charge is 0.451 e. The van der Waals surface area contributed by atoms with E-state index in [1.54, 1.807) is 0 Å². The first kappa shape index (κ1) is 18.1. The molecule has 0 bridgehead atoms. The van der Waals surface area contributed by atoms with Gasteiger partial charge in [-0.3, -0.25) is 19.3 Å². The Bertz CT molecular complexity index is 966. The van der Waals surface area contributed by atoms with Crippen molar-refractivity contribution in [3.05, 3.63) is 70.8 Å². The smallest absolute Gasteiger partial charge is 0.338 e. The van der Waals surface area contributed by atoms with Crippen LogP contribution in [0, 0.1) is 0 Å². The average molecular weight is 377 g/mol. The molecule has 6 heteroatoms. The average Bonchev–Trinajstić information content (AvgIpc) is 2.95. The lowest BCUT2D eigenvalue weighted by molar-refractivity contribution is -0.129. The number of rotatable bonds is 4. The highest BCUT2D eigenvalue weighted by Gasteiger charge is 2.36. The third kappa shape index (κ3) is 3.33. The molecule has 2 amide bonds. The summed E-state index contributed by atoms with van der Waals surface area (Å²) in [7, 11) is 0. The summed E-state index contributed by atoms with van der Waals surface area (Å²) < 4.78 is 5.34. The number of fused-ring (bicyclic) bond motifs is 1. The minimum Gasteiger partial charge on any atom is -0.451 e. The molecule has 0 saturated heterocycles. The number of hydrogen-bond donors (Lipinski definition) is 0. The highest BCUT2D eigenvalue weighted by atomic mass is 16.5. The van der Waals surface area contributed by atoms with Gasteiger partial charge in [-0.2, -0.15) is 0 Å². The summed E-state index contributed by atoms with van der Waals surface area (Å²) in [4.78, 5) is 50.8. The zero-order chi connectivity index (χ0) is 19.7. The summed E-state index contributed by atoms with van der Waals surface area (Å²) in [5, 5.41) is 0. The molecule has 1 aliphatic carbocycles. The molecule has 4 rings (SSSR count). The van der Waals surface area contributed by atoms with Gasteiger partial charge in [0.1, 0.15) is 0 Å². The van der Waals surface area contributed by atoms with E-state index in [1.807, 2.05) is 30.3 Å². The molecule has 1 atom stereocenters. The van der Waals surface area contributed by atoms with Crippen LogP contribution in [0.25, 0.3) is 0 Å². The van der Waals surface area contributed by atoms with Crippen molar-refractivity contribution < 1.29 is 23.9 Å². The molecule has 6 nitrogen and oxygen atoms in total. The van der Waals surface area contributed by atoms with Crippen LogP contribution in [-0.2, 0) is 16.1 Å². The second-order valence-electron chi connectivity index (χ2n) is 7.05. The third-order valence-electron chi connectivity index (χ3n) is 5.14. The van der Waals surface area contributed by atoms with Crippen molar-refractivity contribution in [1.82, 2.24) is 4.90 Å². The van der Waals surface area contributed by atoms with E-state index in [4.69, 9.17) is 4.74 Å². The zero-order valence-electron chi connectivity index (χ0n) is 15.2. The van der Waals surface area contributed by atoms with E-state index in [0.29, 0.717) is 12.8 Å². The molecule has 1 aliphatic heterocycles. The van der Waals surface area contributed by atoms with Gasteiger partial charge < -0.3 is 4.74 Å². The number of hydrogen-bond acceptors (Lipinski definition) is 5. The van der Waals surface area contributed by atoms with Crippen LogP contribution in [0.15, 0.2) is 48.5 Å². The van der Waals surface area contributed by atoms with E-state index < -0.39 is 18.0 Å². The molecule has 0 N–H and O–H groups in total. The van der Waals surface area contributed by atoms with E-state index in [0.717, 1.165) is 18.4 Å². The predicted octanol–water partition coefficient (Wildman–Crippen LogP) is 3.15. The number of ketones is 1. The maximum Gasteiger partial charge on any atom is 0.338 e. The van der Waals surface area contributed by atoms with Crippen molar-refractivity contribution in [1.29, 1.82) is 0 Å². The topological polar surface area (TPSA) is 80.8 Å². The lowest BCUT2D eigenvalue weighted by Crippen LogP contribution is -2.30. The maximum atomic E-state index is 12.7. The van der Waals surface area contributed by atoms with Gasteiger partial charge in [-0.15, -0.1) is 0 Å². The first-order chi connectivity index (χ1) is 13.5. The number of carbonyl (C=O) groups is 4. The van der Waals surface area contributed by atoms with E-state index in [1.165, 1.54) is 23.1 Å². The van der Waals surface area contributed by atoms with Crippen LogP contribution in [0.2, 0.25) is 0 Å². The minimum atomic E-state index is -0.721. The van der Waals surface area contributed by atoms with Crippen LogP contribution in [0.5, 0.6) is 0 Å². The molecular formula is C22H19NO5. The van der Waals surface area contributed by atoms with E-state index >= 15 is 0 Å². The van der Waals surface area contributed by atoms with Crippen LogP contribution in [0.1, 0.15) is 62.3 Å². The van der Waals surface area contributed by atoms with E-state index in [-0.39, 0.29) is 34.9 Å². The second kappa shape index (κ2) is 7.38. The van der Waals surface area contributed by atoms with Crippen LogP contribution in [0.4, 0.5) is 0 Å². The summed E-state index contributed by atoms with van der Waals surface area (Å²) in [5.41, 5.74) is 1.46. The number of benzene rings is 2. The molecule has 0 radical (unpaired) electrons. The molecule has 0 aromatic heterocycles. The standard InChI is InChI=1S/C22H19NO5/c24-18-8-4-5-9-19(18)28-22(27)15-10-11-16-17(12-15)21(26)23(20(16)25)13-14-6-2-1-3-7-14/h1-3,6-7,10-12,19H,4-5,8-9,13H2/t19-/m1/s1. The quantitative estimate of drug-likeness (QED) is 0.604. The summed E-state index contributed by atoms with van der Waals surface area (Å²) in [6, 6.07) is 13.5. The molecule has 1 fully saturated rings. The number of ether oxygens (including phenoxy) is 1. The van der Waals surface area contributed by atoms with Crippen molar-refractivity contribution in [2.45, 2.75) is 38.3 Å². The fraction of sp³-hybridized carbons (Fsp3) is 0.273. The van der Waals surface area contributed by atoms with Crippen molar-refractivity contribution in [3.8, 4) is 0 Å². The molecule has 2 aromatic carbocycles. The first-order valence-corrected chi connectivity index (χ1v) is 9.32. The SMILES string of the molecule is O=C(O[C@@H]1CCCCC1=O)c1ccc2c(c1)C(=O)N(Cc1ccccc1)C2=O. The molecule has 0 spiro atoms. The monoisotopic (exact) mass is 377 g/mol. The van der Waals surface area contributed by atoms with Crippen molar-refractivity contribution in [2.75, 3.05) is 0 Å². The molecule has 2 aliphatic rings. The Kier molecular flexibility index (Phi) is 4.77. The van der Waals surface area contributed by atoms with Gasteiger partial charge in [-0.1, -0.05) is 30.3 Å². The molecule has 2 aromatic rings. The van der Waals surface area contributed by atoms with Gasteiger partial charge in [0.05, 0.1) is 23.2 Å². The fourth-order valence-corrected chi connectivity index (χ4v) is 3.60. The Hall–Kier alpha value is -3.28. The number of imide groups is 1. The van der Waals surface area contributed by atoms with Gasteiger partial charge in [0, 0.05) is 6.42 Å². The van der Waals surface area contributed by atoms with Crippen LogP contribution in [-0.4, -0.2) is 34.6 Å². The maximum absolute atomic E-state index is 12.7. The minimum absolute atomic E-state index is 0.0685. The lowest BCUT2D eigenvalue weighted by Gasteiger charge is -2.20. The second-order valence-corrected chi connectivity index (χ2v) is 7.05. The number of carbonyl (C=O) groups excluding carboxylic acids is 4. The Labute approximate surface area is 162 Å². The first-order valence-electron chi connectivity index (χ1n) is 9.32. The van der Waals surface area contributed by atoms with Gasteiger partial charge in [0.25, 0.3) is 11.8 Å². The van der Waals surface area contributed by atoms with Crippen molar-refractivity contribution in [2.24, 2.45) is 0 Å². The highest BCUT2D eigenvalue weighted by molar-refractivity contribution is 6.21. The van der Waals surface area contributed by atoms with Gasteiger partial charge in [0.2, 0.25) is 0 Å². The molecule has 0 unspecified atom stereocenters. The predicted molar refractivity (Wildman–Crippen MR) is 99.8 cm³/mol. The number of nitrogens with zero attached hydrogens (tertiary/aromatic N) is 1. The summed E-state index contributed by atoms with van der Waals surface area (Å²) in [6.45, 7) is 0.170. The van der Waals surface area contributed by atoms with Crippen molar-refractivity contribution in [3.63, 3.8) is 0 Å².